The maximum atomic E-state index is 12.4. The number of fused-ring (bicyclic) bond motifs is 1. The number of carbonyl (C=O) groups excluding carboxylic acids is 2. The molecule has 0 radical (unpaired) electrons. The first-order valence-corrected chi connectivity index (χ1v) is 8.48. The van der Waals surface area contributed by atoms with E-state index in [1.165, 1.54) is 0 Å². The molecule has 3 aromatic rings. The van der Waals surface area contributed by atoms with Crippen LogP contribution in [0.15, 0.2) is 60.8 Å². The van der Waals surface area contributed by atoms with Gasteiger partial charge in [0.2, 0.25) is 5.91 Å². The van der Waals surface area contributed by atoms with Crippen molar-refractivity contribution in [1.29, 1.82) is 5.26 Å². The van der Waals surface area contributed by atoms with Crippen LogP contribution in [0.3, 0.4) is 0 Å². The largest absolute Gasteiger partial charge is 0.361 e. The van der Waals surface area contributed by atoms with E-state index in [-0.39, 0.29) is 12.2 Å². The van der Waals surface area contributed by atoms with Gasteiger partial charge in [-0.2, -0.15) is 5.26 Å². The van der Waals surface area contributed by atoms with Gasteiger partial charge in [-0.3, -0.25) is 9.59 Å². The zero-order valence-corrected chi connectivity index (χ0v) is 14.2. The summed E-state index contributed by atoms with van der Waals surface area (Å²) >= 11 is 0. The number of nitriles is 1. The number of nitrogens with one attached hydrogen (secondary N) is 2. The molecular formula is C21H19N3O2. The molecule has 2 N–H and O–H groups in total. The molecule has 0 aliphatic carbocycles. The third-order valence-corrected chi connectivity index (χ3v) is 4.34. The summed E-state index contributed by atoms with van der Waals surface area (Å²) in [6.07, 6.45) is 2.51. The predicted octanol–water partition coefficient (Wildman–Crippen LogP) is 3.13. The lowest BCUT2D eigenvalue weighted by atomic mass is 9.98. The Balaban J connectivity index is 1.58. The molecule has 0 fully saturated rings. The van der Waals surface area contributed by atoms with Crippen molar-refractivity contribution >= 4 is 22.6 Å². The fourth-order valence-electron chi connectivity index (χ4n) is 2.90. The van der Waals surface area contributed by atoms with Gasteiger partial charge in [0.05, 0.1) is 6.07 Å². The van der Waals surface area contributed by atoms with Crippen LogP contribution in [-0.4, -0.2) is 16.7 Å². The Morgan fingerprint density at radius 1 is 1.08 bits per heavy atom. The Bertz CT molecular complexity index is 954. The zero-order valence-electron chi connectivity index (χ0n) is 14.2. The third kappa shape index (κ3) is 3.98. The van der Waals surface area contributed by atoms with Gasteiger partial charge < -0.3 is 10.3 Å². The van der Waals surface area contributed by atoms with Gasteiger partial charge in [0.25, 0.3) is 0 Å². The molecule has 0 aliphatic rings. The van der Waals surface area contributed by atoms with Crippen LogP contribution < -0.4 is 5.32 Å². The standard InChI is InChI=1S/C21H19N3O2/c22-12-18(21(26)24-13-15-6-2-1-3-7-15)20(25)11-10-16-14-23-19-9-5-4-8-17(16)19/h1-9,14,18,23H,10-11,13H2,(H,24,26)/t18-/m0/s1. The van der Waals surface area contributed by atoms with Gasteiger partial charge >= 0.3 is 0 Å². The minimum Gasteiger partial charge on any atom is -0.361 e. The van der Waals surface area contributed by atoms with Gasteiger partial charge in [-0.05, 0) is 23.6 Å². The van der Waals surface area contributed by atoms with Crippen molar-refractivity contribution in [3.8, 4) is 6.07 Å². The topological polar surface area (TPSA) is 85.8 Å². The number of benzene rings is 2. The van der Waals surface area contributed by atoms with Crippen molar-refractivity contribution in [3.63, 3.8) is 0 Å². The first-order valence-electron chi connectivity index (χ1n) is 8.48. The molecule has 0 bridgehead atoms. The number of Topliss-reactive ketones (excluding diaryl/α,β-unsaturated/α-hetero) is 1. The summed E-state index contributed by atoms with van der Waals surface area (Å²) in [6, 6.07) is 19.1. The molecule has 2 aromatic carbocycles. The Hall–Kier alpha value is -3.39. The molecular weight excluding hydrogens is 326 g/mol. The van der Waals surface area contributed by atoms with Crippen LogP contribution in [0.4, 0.5) is 0 Å². The summed E-state index contributed by atoms with van der Waals surface area (Å²) in [5, 5.41) is 13.0. The molecule has 1 heterocycles. The summed E-state index contributed by atoms with van der Waals surface area (Å²) in [5.74, 6) is -2.17. The number of nitrogens with zero attached hydrogens (tertiary/aromatic N) is 1. The first-order chi connectivity index (χ1) is 12.7. The number of amides is 1. The molecule has 0 unspecified atom stereocenters. The van der Waals surface area contributed by atoms with Crippen molar-refractivity contribution in [3.05, 3.63) is 71.9 Å². The van der Waals surface area contributed by atoms with Crippen LogP contribution in [-0.2, 0) is 22.6 Å². The number of hydrogen-bond acceptors (Lipinski definition) is 3. The van der Waals surface area contributed by atoms with E-state index in [9.17, 15) is 14.9 Å². The van der Waals surface area contributed by atoms with Gasteiger partial charge in [0.15, 0.2) is 11.7 Å². The number of H-pyrrole nitrogens is 1. The molecule has 26 heavy (non-hydrogen) atoms. The second kappa shape index (κ2) is 8.13. The third-order valence-electron chi connectivity index (χ3n) is 4.34. The van der Waals surface area contributed by atoms with Crippen LogP contribution >= 0.6 is 0 Å². The van der Waals surface area contributed by atoms with E-state index in [0.717, 1.165) is 22.0 Å². The van der Waals surface area contributed by atoms with Gasteiger partial charge in [-0.25, -0.2) is 0 Å². The molecule has 1 amide bonds. The quantitative estimate of drug-likeness (QED) is 0.645. The minimum atomic E-state index is -1.27. The van der Waals surface area contributed by atoms with E-state index < -0.39 is 11.8 Å². The summed E-state index contributed by atoms with van der Waals surface area (Å²) in [6.45, 7) is 0.299. The van der Waals surface area contributed by atoms with E-state index >= 15 is 0 Å². The van der Waals surface area contributed by atoms with Gasteiger partial charge in [0.1, 0.15) is 0 Å². The van der Waals surface area contributed by atoms with Gasteiger partial charge in [-0.15, -0.1) is 0 Å². The SMILES string of the molecule is N#C[C@@H](C(=O)CCc1c[nH]c2ccccc12)C(=O)NCc1ccccc1. The average molecular weight is 345 g/mol. The molecule has 0 saturated carbocycles. The lowest BCUT2D eigenvalue weighted by Gasteiger charge is -2.09. The fraction of sp³-hybridized carbons (Fsp3) is 0.190. The number of aromatic amines is 1. The van der Waals surface area contributed by atoms with E-state index in [4.69, 9.17) is 0 Å². The smallest absolute Gasteiger partial charge is 0.245 e. The lowest BCUT2D eigenvalue weighted by Crippen LogP contribution is -2.34. The second-order valence-corrected chi connectivity index (χ2v) is 6.09. The predicted molar refractivity (Wildman–Crippen MR) is 99.0 cm³/mol. The Kier molecular flexibility index (Phi) is 5.45. The van der Waals surface area contributed by atoms with E-state index in [1.54, 1.807) is 0 Å². The van der Waals surface area contributed by atoms with Crippen molar-refractivity contribution in [1.82, 2.24) is 10.3 Å². The zero-order chi connectivity index (χ0) is 18.4. The summed E-state index contributed by atoms with van der Waals surface area (Å²) < 4.78 is 0. The van der Waals surface area contributed by atoms with E-state index in [0.29, 0.717) is 13.0 Å². The van der Waals surface area contributed by atoms with Crippen LogP contribution in [0.5, 0.6) is 0 Å². The van der Waals surface area contributed by atoms with E-state index in [2.05, 4.69) is 10.3 Å². The van der Waals surface area contributed by atoms with Crippen LogP contribution in [0.25, 0.3) is 10.9 Å². The second-order valence-electron chi connectivity index (χ2n) is 6.09. The molecule has 0 spiro atoms. The molecule has 5 heteroatoms. The highest BCUT2D eigenvalue weighted by atomic mass is 16.2. The first kappa shape index (κ1) is 17.4. The monoisotopic (exact) mass is 345 g/mol. The number of rotatable bonds is 7. The molecule has 1 aromatic heterocycles. The van der Waals surface area contributed by atoms with Gasteiger partial charge in [0, 0.05) is 30.1 Å². The van der Waals surface area contributed by atoms with Crippen molar-refractivity contribution in [2.24, 2.45) is 5.92 Å². The highest BCUT2D eigenvalue weighted by molar-refractivity contribution is 6.04. The maximum Gasteiger partial charge on any atom is 0.245 e. The number of ketones is 1. The lowest BCUT2D eigenvalue weighted by molar-refractivity contribution is -0.131. The molecule has 3 rings (SSSR count). The number of aromatic nitrogens is 1. The normalized spacial score (nSPS) is 11.7. The summed E-state index contributed by atoms with van der Waals surface area (Å²) in [4.78, 5) is 27.7. The van der Waals surface area contributed by atoms with Crippen LogP contribution in [0.2, 0.25) is 0 Å². The average Bonchev–Trinajstić information content (AvgIpc) is 3.09. The Morgan fingerprint density at radius 2 is 1.81 bits per heavy atom. The molecule has 130 valence electrons. The summed E-state index contributed by atoms with van der Waals surface area (Å²) in [5.41, 5.74) is 2.94. The fourth-order valence-corrected chi connectivity index (χ4v) is 2.90. The number of hydrogen-bond donors (Lipinski definition) is 2. The molecule has 0 aliphatic heterocycles. The van der Waals surface area contributed by atoms with Crippen molar-refractivity contribution in [2.45, 2.75) is 19.4 Å². The number of carbonyl (C=O) groups is 2. The molecule has 5 nitrogen and oxygen atoms in total. The molecule has 0 saturated heterocycles. The Morgan fingerprint density at radius 3 is 2.58 bits per heavy atom. The van der Waals surface area contributed by atoms with Crippen molar-refractivity contribution in [2.75, 3.05) is 0 Å². The number of aryl methyl sites for hydroxylation is 1. The Labute approximate surface area is 151 Å². The maximum absolute atomic E-state index is 12.4. The van der Waals surface area contributed by atoms with Crippen LogP contribution in [0.1, 0.15) is 17.5 Å². The van der Waals surface area contributed by atoms with Crippen LogP contribution in [0, 0.1) is 17.2 Å². The molecule has 1 atom stereocenters. The highest BCUT2D eigenvalue weighted by Crippen LogP contribution is 2.19. The highest BCUT2D eigenvalue weighted by Gasteiger charge is 2.25. The summed E-state index contributed by atoms with van der Waals surface area (Å²) in [7, 11) is 0. The van der Waals surface area contributed by atoms with Crippen molar-refractivity contribution < 1.29 is 9.59 Å². The minimum absolute atomic E-state index is 0.152. The number of para-hydroxylation sites is 1. The van der Waals surface area contributed by atoms with E-state index in [1.807, 2.05) is 66.9 Å². The van der Waals surface area contributed by atoms with Gasteiger partial charge in [-0.1, -0.05) is 48.5 Å².